The van der Waals surface area contributed by atoms with Crippen molar-refractivity contribution in [2.75, 3.05) is 5.32 Å². The van der Waals surface area contributed by atoms with Crippen molar-refractivity contribution in [2.45, 2.75) is 33.7 Å². The summed E-state index contributed by atoms with van der Waals surface area (Å²) in [4.78, 5) is 23.7. The molecule has 0 atom stereocenters. The van der Waals surface area contributed by atoms with E-state index in [-0.39, 0.29) is 17.2 Å². The Hall–Kier alpha value is -2.44. The van der Waals surface area contributed by atoms with Crippen molar-refractivity contribution in [3.05, 3.63) is 39.6 Å². The molecule has 7 heteroatoms. The predicted molar refractivity (Wildman–Crippen MR) is 74.8 cm³/mol. The van der Waals surface area contributed by atoms with Gasteiger partial charge in [0.05, 0.1) is 17.1 Å². The van der Waals surface area contributed by atoms with Crippen molar-refractivity contribution in [3.8, 4) is 0 Å². The number of hydrogen-bond donors (Lipinski definition) is 2. The van der Waals surface area contributed by atoms with Gasteiger partial charge in [-0.05, 0) is 26.3 Å². The second kappa shape index (κ2) is 5.68. The first kappa shape index (κ1) is 14.0. The van der Waals surface area contributed by atoms with E-state index in [2.05, 4.69) is 20.6 Å². The molecule has 2 aromatic heterocycles. The Bertz CT molecular complexity index is 667. The lowest BCUT2D eigenvalue weighted by molar-refractivity contribution is 0.101. The molecule has 0 aliphatic carbocycles. The molecule has 0 aromatic carbocycles. The zero-order chi connectivity index (χ0) is 14.7. The van der Waals surface area contributed by atoms with Gasteiger partial charge < -0.3 is 5.32 Å². The van der Waals surface area contributed by atoms with Crippen molar-refractivity contribution in [3.63, 3.8) is 0 Å². The molecule has 106 valence electrons. The zero-order valence-corrected chi connectivity index (χ0v) is 11.7. The van der Waals surface area contributed by atoms with Gasteiger partial charge in [0.25, 0.3) is 11.5 Å². The molecule has 0 saturated carbocycles. The van der Waals surface area contributed by atoms with Gasteiger partial charge in [-0.15, -0.1) is 0 Å². The molecule has 0 aliphatic rings. The second-order valence-corrected chi connectivity index (χ2v) is 4.54. The van der Waals surface area contributed by atoms with E-state index in [0.717, 1.165) is 12.1 Å². The minimum atomic E-state index is -0.359. The first-order valence-corrected chi connectivity index (χ1v) is 6.44. The first-order valence-electron chi connectivity index (χ1n) is 6.44. The van der Waals surface area contributed by atoms with Gasteiger partial charge in [-0.3, -0.25) is 14.7 Å². The van der Waals surface area contributed by atoms with Crippen LogP contribution < -0.4 is 10.9 Å². The normalized spacial score (nSPS) is 10.6. The van der Waals surface area contributed by atoms with Gasteiger partial charge in [0.15, 0.2) is 0 Å². The average Bonchev–Trinajstić information content (AvgIpc) is 2.73. The number of carbonyl (C=O) groups is 1. The van der Waals surface area contributed by atoms with E-state index < -0.39 is 0 Å². The number of carbonyl (C=O) groups excluding carboxylic acids is 1. The Kier molecular flexibility index (Phi) is 3.97. The summed E-state index contributed by atoms with van der Waals surface area (Å²) in [5, 5.41) is 13.6. The van der Waals surface area contributed by atoms with Crippen LogP contribution in [0.15, 0.2) is 16.9 Å². The highest BCUT2D eigenvalue weighted by Crippen LogP contribution is 2.16. The summed E-state index contributed by atoms with van der Waals surface area (Å²) in [6.45, 7) is 6.05. The summed E-state index contributed by atoms with van der Waals surface area (Å²) >= 11 is 0. The third kappa shape index (κ3) is 2.76. The van der Waals surface area contributed by atoms with E-state index in [1.54, 1.807) is 6.92 Å². The summed E-state index contributed by atoms with van der Waals surface area (Å²) in [6, 6.07) is 2.78. The van der Waals surface area contributed by atoms with Gasteiger partial charge >= 0.3 is 0 Å². The number of aromatic nitrogens is 4. The van der Waals surface area contributed by atoms with Gasteiger partial charge in [0.1, 0.15) is 5.69 Å². The average molecular weight is 275 g/mol. The van der Waals surface area contributed by atoms with E-state index >= 15 is 0 Å². The van der Waals surface area contributed by atoms with Crippen LogP contribution in [0.4, 0.5) is 5.69 Å². The Morgan fingerprint density at radius 1 is 1.40 bits per heavy atom. The number of aryl methyl sites for hydroxylation is 3. The molecule has 0 bridgehead atoms. The molecule has 0 fully saturated rings. The molecule has 0 spiro atoms. The summed E-state index contributed by atoms with van der Waals surface area (Å²) in [5.41, 5.74) is 2.12. The molecule has 7 nitrogen and oxygen atoms in total. The second-order valence-electron chi connectivity index (χ2n) is 4.54. The predicted octanol–water partition coefficient (Wildman–Crippen LogP) is 1.25. The smallest absolute Gasteiger partial charge is 0.276 e. The number of rotatable bonds is 4. The number of hydrogen-bond acceptors (Lipinski definition) is 4. The molecule has 2 rings (SSSR count). The third-order valence-electron chi connectivity index (χ3n) is 2.90. The minimum Gasteiger partial charge on any atom is -0.317 e. The molecule has 1 amide bonds. The maximum atomic E-state index is 12.2. The molecule has 0 saturated heterocycles. The third-order valence-corrected chi connectivity index (χ3v) is 2.90. The van der Waals surface area contributed by atoms with Crippen LogP contribution in [-0.4, -0.2) is 25.9 Å². The fraction of sp³-hybridized carbons (Fsp3) is 0.385. The molecule has 2 aromatic rings. The quantitative estimate of drug-likeness (QED) is 0.878. The highest BCUT2D eigenvalue weighted by molar-refractivity contribution is 6.03. The van der Waals surface area contributed by atoms with E-state index in [9.17, 15) is 9.59 Å². The largest absolute Gasteiger partial charge is 0.317 e. The van der Waals surface area contributed by atoms with E-state index in [1.165, 1.54) is 16.8 Å². The van der Waals surface area contributed by atoms with Crippen LogP contribution >= 0.6 is 0 Å². The lowest BCUT2D eigenvalue weighted by Crippen LogP contribution is -2.26. The lowest BCUT2D eigenvalue weighted by Gasteiger charge is -2.07. The molecule has 0 radical (unpaired) electrons. The Morgan fingerprint density at radius 2 is 2.15 bits per heavy atom. The van der Waals surface area contributed by atoms with E-state index in [0.29, 0.717) is 17.9 Å². The number of nitrogens with zero attached hydrogens (tertiary/aromatic N) is 3. The first-order chi connectivity index (χ1) is 9.52. The van der Waals surface area contributed by atoms with Crippen molar-refractivity contribution in [1.29, 1.82) is 0 Å². The number of nitrogens with one attached hydrogen (secondary N) is 2. The van der Waals surface area contributed by atoms with Gasteiger partial charge in [0.2, 0.25) is 0 Å². The number of anilines is 1. The molecular weight excluding hydrogens is 258 g/mol. The Balaban J connectivity index is 2.26. The molecule has 0 unspecified atom stereocenters. The summed E-state index contributed by atoms with van der Waals surface area (Å²) < 4.78 is 1.30. The summed E-state index contributed by atoms with van der Waals surface area (Å²) in [6.07, 6.45) is 0.776. The number of H-pyrrole nitrogens is 1. The molecule has 2 heterocycles. The maximum absolute atomic E-state index is 12.2. The molecular formula is C13H17N5O2. The van der Waals surface area contributed by atoms with E-state index in [1.807, 2.05) is 13.8 Å². The van der Waals surface area contributed by atoms with Crippen LogP contribution in [0.1, 0.15) is 35.2 Å². The van der Waals surface area contributed by atoms with Gasteiger partial charge in [-0.2, -0.15) is 10.2 Å². The standard InChI is InChI=1S/C13H17N5O2/c1-4-7-18-11(19)6-5-10(17-18)13(20)14-12-8(2)15-16-9(12)3/h5-6H,4,7H2,1-3H3,(H,14,20)(H,15,16). The van der Waals surface area contributed by atoms with Crippen molar-refractivity contribution in [1.82, 2.24) is 20.0 Å². The topological polar surface area (TPSA) is 92.7 Å². The fourth-order valence-corrected chi connectivity index (χ4v) is 1.85. The lowest BCUT2D eigenvalue weighted by atomic mass is 10.3. The summed E-state index contributed by atoms with van der Waals surface area (Å²) in [5.74, 6) is -0.359. The van der Waals surface area contributed by atoms with Gasteiger partial charge in [-0.1, -0.05) is 6.92 Å². The molecule has 20 heavy (non-hydrogen) atoms. The van der Waals surface area contributed by atoms with Crippen molar-refractivity contribution >= 4 is 11.6 Å². The van der Waals surface area contributed by atoms with Crippen LogP contribution in [0.5, 0.6) is 0 Å². The fourth-order valence-electron chi connectivity index (χ4n) is 1.85. The molecule has 0 aliphatic heterocycles. The maximum Gasteiger partial charge on any atom is 0.276 e. The number of amides is 1. The SMILES string of the molecule is CCCn1nc(C(=O)Nc2c(C)n[nH]c2C)ccc1=O. The van der Waals surface area contributed by atoms with Crippen LogP contribution in [0.2, 0.25) is 0 Å². The molecule has 2 N–H and O–H groups in total. The van der Waals surface area contributed by atoms with Crippen molar-refractivity contribution < 1.29 is 4.79 Å². The van der Waals surface area contributed by atoms with Crippen LogP contribution in [0.25, 0.3) is 0 Å². The zero-order valence-electron chi connectivity index (χ0n) is 11.7. The van der Waals surface area contributed by atoms with Gasteiger partial charge in [0, 0.05) is 12.6 Å². The highest BCUT2D eigenvalue weighted by Gasteiger charge is 2.14. The summed E-state index contributed by atoms with van der Waals surface area (Å²) in [7, 11) is 0. The van der Waals surface area contributed by atoms with Crippen LogP contribution in [-0.2, 0) is 6.54 Å². The monoisotopic (exact) mass is 275 g/mol. The Morgan fingerprint density at radius 3 is 2.75 bits per heavy atom. The van der Waals surface area contributed by atoms with Gasteiger partial charge in [-0.25, -0.2) is 4.68 Å². The minimum absolute atomic E-state index is 0.207. The van der Waals surface area contributed by atoms with Crippen molar-refractivity contribution in [2.24, 2.45) is 0 Å². The Labute approximate surface area is 116 Å². The van der Waals surface area contributed by atoms with Crippen LogP contribution in [0, 0.1) is 13.8 Å². The highest BCUT2D eigenvalue weighted by atomic mass is 16.2. The van der Waals surface area contributed by atoms with E-state index in [4.69, 9.17) is 0 Å². The number of aromatic amines is 1. The van der Waals surface area contributed by atoms with Crippen LogP contribution in [0.3, 0.4) is 0 Å².